The SMILES string of the molecule is CC(C)c1cc2c(-c3cccc(-c4c5ccccc5c(-c5ccc6oc7c8ccccc8c8ccccc8c7c6c5)c5ccccc45)c3)cccc2o1. The molecule has 0 aliphatic heterocycles. The highest BCUT2D eigenvalue weighted by Crippen LogP contribution is 2.47. The number of hydrogen-bond donors (Lipinski definition) is 0. The molecule has 2 aromatic heterocycles. The van der Waals surface area contributed by atoms with Crippen LogP contribution in [0.2, 0.25) is 0 Å². The van der Waals surface area contributed by atoms with Crippen LogP contribution in [0.5, 0.6) is 0 Å². The van der Waals surface area contributed by atoms with Gasteiger partial charge >= 0.3 is 0 Å². The first kappa shape index (κ1) is 30.0. The van der Waals surface area contributed by atoms with Crippen molar-refractivity contribution in [1.82, 2.24) is 0 Å². The Kier molecular flexibility index (Phi) is 6.48. The van der Waals surface area contributed by atoms with Gasteiger partial charge in [0.1, 0.15) is 22.5 Å². The minimum absolute atomic E-state index is 0.324. The van der Waals surface area contributed by atoms with E-state index in [1.165, 1.54) is 76.5 Å². The Hall–Kier alpha value is -6.64. The van der Waals surface area contributed by atoms with Gasteiger partial charge in [-0.25, -0.2) is 0 Å². The molecule has 11 rings (SSSR count). The molecule has 0 saturated heterocycles. The van der Waals surface area contributed by atoms with E-state index >= 15 is 0 Å². The van der Waals surface area contributed by atoms with E-state index in [-0.39, 0.29) is 0 Å². The molecular formula is C51H34O2. The Morgan fingerprint density at radius 2 is 0.887 bits per heavy atom. The highest BCUT2D eigenvalue weighted by molar-refractivity contribution is 6.31. The normalized spacial score (nSPS) is 12.1. The summed E-state index contributed by atoms with van der Waals surface area (Å²) in [6.45, 7) is 4.36. The molecule has 9 aromatic carbocycles. The summed E-state index contributed by atoms with van der Waals surface area (Å²) in [5.41, 5.74) is 10.0. The van der Waals surface area contributed by atoms with E-state index < -0.39 is 0 Å². The van der Waals surface area contributed by atoms with E-state index in [0.717, 1.165) is 38.7 Å². The molecule has 250 valence electrons. The monoisotopic (exact) mass is 678 g/mol. The van der Waals surface area contributed by atoms with Gasteiger partial charge in [0.2, 0.25) is 0 Å². The van der Waals surface area contributed by atoms with Crippen molar-refractivity contribution in [3.8, 4) is 33.4 Å². The number of rotatable bonds is 4. The van der Waals surface area contributed by atoms with Gasteiger partial charge in [0.05, 0.1) is 0 Å². The lowest BCUT2D eigenvalue weighted by atomic mass is 9.85. The fourth-order valence-electron chi connectivity index (χ4n) is 8.77. The molecule has 0 spiro atoms. The highest BCUT2D eigenvalue weighted by Gasteiger charge is 2.20. The molecular weight excluding hydrogens is 645 g/mol. The third-order valence-electron chi connectivity index (χ3n) is 11.2. The van der Waals surface area contributed by atoms with Gasteiger partial charge in [-0.2, -0.15) is 0 Å². The molecule has 2 heterocycles. The second-order valence-corrected chi connectivity index (χ2v) is 14.6. The lowest BCUT2D eigenvalue weighted by molar-refractivity contribution is 0.522. The number of furan rings is 2. The van der Waals surface area contributed by atoms with Gasteiger partial charge in [-0.15, -0.1) is 0 Å². The first-order valence-corrected chi connectivity index (χ1v) is 18.5. The molecule has 0 bridgehead atoms. The average Bonchev–Trinajstić information content (AvgIpc) is 3.83. The minimum Gasteiger partial charge on any atom is -0.461 e. The number of benzene rings is 9. The first-order valence-electron chi connectivity index (χ1n) is 18.5. The molecule has 2 heteroatoms. The van der Waals surface area contributed by atoms with E-state index in [0.29, 0.717) is 5.92 Å². The summed E-state index contributed by atoms with van der Waals surface area (Å²) >= 11 is 0. The van der Waals surface area contributed by atoms with Gasteiger partial charge in [-0.3, -0.25) is 0 Å². The maximum atomic E-state index is 6.70. The summed E-state index contributed by atoms with van der Waals surface area (Å²) in [5.74, 6) is 1.34. The standard InChI is InChI=1S/C51H34O2/c1-30(2)47-29-43-34(23-12-24-45(43)52-47)31-13-11-14-32(27-31)48-38-18-6-8-20-40(38)49(41-21-9-7-19-39(41)48)33-25-26-46-44(28-33)50-37-17-5-3-15-35(37)36-16-4-10-22-42(36)51(50)53-46/h3-30H,1-2H3. The van der Waals surface area contributed by atoms with Crippen LogP contribution in [0, 0.1) is 0 Å². The van der Waals surface area contributed by atoms with E-state index in [1.807, 2.05) is 0 Å². The molecule has 53 heavy (non-hydrogen) atoms. The second-order valence-electron chi connectivity index (χ2n) is 14.6. The predicted octanol–water partition coefficient (Wildman–Crippen LogP) is 15.1. The van der Waals surface area contributed by atoms with Crippen molar-refractivity contribution in [3.05, 3.63) is 170 Å². The Morgan fingerprint density at radius 1 is 0.358 bits per heavy atom. The van der Waals surface area contributed by atoms with Crippen LogP contribution in [0.4, 0.5) is 0 Å². The van der Waals surface area contributed by atoms with E-state index in [9.17, 15) is 0 Å². The van der Waals surface area contributed by atoms with Crippen molar-refractivity contribution < 1.29 is 8.83 Å². The third kappa shape index (κ3) is 4.45. The molecule has 0 unspecified atom stereocenters. The van der Waals surface area contributed by atoms with Gasteiger partial charge in [0.15, 0.2) is 0 Å². The molecule has 0 fully saturated rings. The van der Waals surface area contributed by atoms with Crippen LogP contribution < -0.4 is 0 Å². The van der Waals surface area contributed by atoms with Gasteiger partial charge < -0.3 is 8.83 Å². The Bertz CT molecular complexity index is 3210. The van der Waals surface area contributed by atoms with Crippen LogP contribution in [0.1, 0.15) is 25.5 Å². The predicted molar refractivity (Wildman–Crippen MR) is 224 cm³/mol. The third-order valence-corrected chi connectivity index (χ3v) is 11.2. The quantitative estimate of drug-likeness (QED) is 0.137. The first-order chi connectivity index (χ1) is 26.1. The molecule has 11 aromatic rings. The van der Waals surface area contributed by atoms with Gasteiger partial charge in [-0.1, -0.05) is 147 Å². The Balaban J connectivity index is 1.17. The van der Waals surface area contributed by atoms with Gasteiger partial charge in [0, 0.05) is 27.5 Å². The lowest BCUT2D eigenvalue weighted by Crippen LogP contribution is -1.91. The largest absolute Gasteiger partial charge is 0.461 e. The molecule has 0 aliphatic rings. The molecule has 0 radical (unpaired) electrons. The summed E-state index contributed by atoms with van der Waals surface area (Å²) in [7, 11) is 0. The van der Waals surface area contributed by atoms with Crippen LogP contribution in [0.25, 0.3) is 109 Å². The molecule has 0 saturated carbocycles. The topological polar surface area (TPSA) is 26.3 Å². The number of hydrogen-bond acceptors (Lipinski definition) is 2. The molecule has 0 aliphatic carbocycles. The van der Waals surface area contributed by atoms with Crippen molar-refractivity contribution in [3.63, 3.8) is 0 Å². The van der Waals surface area contributed by atoms with E-state index in [2.05, 4.69) is 178 Å². The van der Waals surface area contributed by atoms with Crippen LogP contribution >= 0.6 is 0 Å². The number of fused-ring (bicyclic) bond motifs is 11. The Labute approximate surface area is 306 Å². The van der Waals surface area contributed by atoms with Gasteiger partial charge in [-0.05, 0) is 101 Å². The summed E-state index contributed by atoms with van der Waals surface area (Å²) in [5, 5.41) is 13.2. The van der Waals surface area contributed by atoms with E-state index in [4.69, 9.17) is 8.83 Å². The summed E-state index contributed by atoms with van der Waals surface area (Å²) in [4.78, 5) is 0. The zero-order valence-corrected chi connectivity index (χ0v) is 29.5. The maximum Gasteiger partial charge on any atom is 0.143 e. The van der Waals surface area contributed by atoms with Gasteiger partial charge in [0.25, 0.3) is 0 Å². The average molecular weight is 679 g/mol. The van der Waals surface area contributed by atoms with Crippen LogP contribution in [-0.2, 0) is 0 Å². The van der Waals surface area contributed by atoms with Crippen molar-refractivity contribution in [2.24, 2.45) is 0 Å². The molecule has 2 nitrogen and oxygen atoms in total. The zero-order chi connectivity index (χ0) is 35.2. The summed E-state index contributed by atoms with van der Waals surface area (Å²) < 4.78 is 13.0. The van der Waals surface area contributed by atoms with E-state index in [1.54, 1.807) is 0 Å². The van der Waals surface area contributed by atoms with Crippen LogP contribution in [0.15, 0.2) is 173 Å². The van der Waals surface area contributed by atoms with Crippen LogP contribution in [0.3, 0.4) is 0 Å². The fourth-order valence-corrected chi connectivity index (χ4v) is 8.77. The maximum absolute atomic E-state index is 6.70. The summed E-state index contributed by atoms with van der Waals surface area (Å²) in [6.07, 6.45) is 0. The fraction of sp³-hybridized carbons (Fsp3) is 0.0588. The molecule has 0 amide bonds. The highest BCUT2D eigenvalue weighted by atomic mass is 16.3. The van der Waals surface area contributed by atoms with Crippen molar-refractivity contribution in [2.45, 2.75) is 19.8 Å². The molecule has 0 atom stereocenters. The minimum atomic E-state index is 0.324. The van der Waals surface area contributed by atoms with Crippen LogP contribution in [-0.4, -0.2) is 0 Å². The van der Waals surface area contributed by atoms with Crippen molar-refractivity contribution in [1.29, 1.82) is 0 Å². The Morgan fingerprint density at radius 3 is 1.55 bits per heavy atom. The zero-order valence-electron chi connectivity index (χ0n) is 29.5. The second kappa shape index (κ2) is 11.4. The summed E-state index contributed by atoms with van der Waals surface area (Å²) in [6, 6.07) is 59.5. The van der Waals surface area contributed by atoms with Crippen molar-refractivity contribution in [2.75, 3.05) is 0 Å². The van der Waals surface area contributed by atoms with Crippen molar-refractivity contribution >= 4 is 76.0 Å². The smallest absolute Gasteiger partial charge is 0.143 e. The lowest BCUT2D eigenvalue weighted by Gasteiger charge is -2.18. The molecule has 0 N–H and O–H groups in total.